The minimum atomic E-state index is -3.81. The van der Waals surface area contributed by atoms with Crippen LogP contribution in [0.3, 0.4) is 0 Å². The summed E-state index contributed by atoms with van der Waals surface area (Å²) in [6, 6.07) is 12.1. The number of nitrogens with zero attached hydrogens (tertiary/aromatic N) is 3. The fourth-order valence-electron chi connectivity index (χ4n) is 3.76. The van der Waals surface area contributed by atoms with Crippen molar-refractivity contribution in [2.24, 2.45) is 0 Å². The number of hydrogen-bond donors (Lipinski definition) is 0. The lowest BCUT2D eigenvalue weighted by atomic mass is 10.00. The Morgan fingerprint density at radius 2 is 1.78 bits per heavy atom. The van der Waals surface area contributed by atoms with Gasteiger partial charge in [0.2, 0.25) is 21.8 Å². The van der Waals surface area contributed by atoms with E-state index in [1.807, 2.05) is 24.3 Å². The van der Waals surface area contributed by atoms with Gasteiger partial charge in [0, 0.05) is 24.7 Å². The molecule has 1 saturated heterocycles. The fourth-order valence-corrected chi connectivity index (χ4v) is 5.45. The Hall–Kier alpha value is -3.11. The molecule has 0 spiro atoms. The largest absolute Gasteiger partial charge is 0.497 e. The van der Waals surface area contributed by atoms with E-state index in [-0.39, 0.29) is 23.1 Å². The van der Waals surface area contributed by atoms with Crippen LogP contribution in [0, 0.1) is 0 Å². The van der Waals surface area contributed by atoms with Crippen LogP contribution in [0.4, 0.5) is 0 Å². The molecule has 170 valence electrons. The van der Waals surface area contributed by atoms with Crippen molar-refractivity contribution >= 4 is 10.0 Å². The van der Waals surface area contributed by atoms with Crippen LogP contribution in [0.15, 0.2) is 51.8 Å². The number of hydrogen-bond acceptors (Lipinski definition) is 8. The van der Waals surface area contributed by atoms with Gasteiger partial charge in [0.1, 0.15) is 22.1 Å². The Kier molecular flexibility index (Phi) is 6.33. The first-order valence-corrected chi connectivity index (χ1v) is 11.6. The number of ether oxygens (including phenoxy) is 3. The molecule has 1 aliphatic heterocycles. The number of aromatic nitrogens is 2. The van der Waals surface area contributed by atoms with Gasteiger partial charge in [0.25, 0.3) is 0 Å². The minimum absolute atomic E-state index is 0.0719. The predicted octanol–water partition coefficient (Wildman–Crippen LogP) is 3.33. The lowest BCUT2D eigenvalue weighted by Gasteiger charge is -2.30. The van der Waals surface area contributed by atoms with Crippen LogP contribution in [0.1, 0.15) is 24.7 Å². The summed E-state index contributed by atoms with van der Waals surface area (Å²) >= 11 is 0. The van der Waals surface area contributed by atoms with Gasteiger partial charge in [0.15, 0.2) is 0 Å². The predicted molar refractivity (Wildman–Crippen MR) is 117 cm³/mol. The summed E-state index contributed by atoms with van der Waals surface area (Å²) in [6.45, 7) is 0.637. The molecule has 1 unspecified atom stereocenters. The molecule has 0 aliphatic carbocycles. The second-order valence-corrected chi connectivity index (χ2v) is 9.30. The smallest absolute Gasteiger partial charge is 0.247 e. The molecule has 10 heteroatoms. The first-order chi connectivity index (χ1) is 15.5. The van der Waals surface area contributed by atoms with Crippen molar-refractivity contribution in [2.75, 3.05) is 34.4 Å². The Bertz CT molecular complexity index is 1190. The van der Waals surface area contributed by atoms with Gasteiger partial charge in [-0.1, -0.05) is 6.07 Å². The Balaban J connectivity index is 1.58. The molecule has 0 N–H and O–H groups in total. The van der Waals surface area contributed by atoms with Crippen LogP contribution in [-0.4, -0.2) is 57.3 Å². The summed E-state index contributed by atoms with van der Waals surface area (Å²) < 4.78 is 49.9. The topological polar surface area (TPSA) is 104 Å². The van der Waals surface area contributed by atoms with E-state index in [1.54, 1.807) is 19.2 Å². The van der Waals surface area contributed by atoms with Gasteiger partial charge in [-0.2, -0.15) is 4.31 Å². The highest BCUT2D eigenvalue weighted by molar-refractivity contribution is 7.89. The van der Waals surface area contributed by atoms with Gasteiger partial charge in [-0.05, 0) is 43.2 Å². The van der Waals surface area contributed by atoms with Crippen LogP contribution in [-0.2, 0) is 10.0 Å². The van der Waals surface area contributed by atoms with Gasteiger partial charge in [-0.15, -0.1) is 10.2 Å². The molecule has 1 aromatic heterocycles. The molecule has 0 saturated carbocycles. The number of rotatable bonds is 7. The highest BCUT2D eigenvalue weighted by atomic mass is 32.2. The lowest BCUT2D eigenvalue weighted by Crippen LogP contribution is -2.39. The monoisotopic (exact) mass is 459 g/mol. The molecule has 1 atom stereocenters. The quantitative estimate of drug-likeness (QED) is 0.530. The zero-order valence-electron chi connectivity index (χ0n) is 18.1. The van der Waals surface area contributed by atoms with Gasteiger partial charge in [-0.3, -0.25) is 0 Å². The summed E-state index contributed by atoms with van der Waals surface area (Å²) in [6.07, 6.45) is 1.42. The number of sulfonamides is 1. The zero-order valence-corrected chi connectivity index (χ0v) is 19.0. The van der Waals surface area contributed by atoms with E-state index < -0.39 is 10.0 Å². The highest BCUT2D eigenvalue weighted by Crippen LogP contribution is 2.35. The van der Waals surface area contributed by atoms with Gasteiger partial charge in [0.05, 0.1) is 27.2 Å². The molecule has 2 aromatic carbocycles. The van der Waals surface area contributed by atoms with E-state index in [1.165, 1.54) is 24.6 Å². The van der Waals surface area contributed by atoms with Crippen LogP contribution in [0.25, 0.3) is 11.5 Å². The van der Waals surface area contributed by atoms with E-state index in [0.717, 1.165) is 12.0 Å². The molecular formula is C22H25N3O6S. The first kappa shape index (κ1) is 22.1. The van der Waals surface area contributed by atoms with Crippen LogP contribution in [0.2, 0.25) is 0 Å². The van der Waals surface area contributed by atoms with Gasteiger partial charge < -0.3 is 18.6 Å². The van der Waals surface area contributed by atoms with Gasteiger partial charge >= 0.3 is 0 Å². The molecular weight excluding hydrogens is 434 g/mol. The molecule has 4 rings (SSSR count). The second-order valence-electron chi connectivity index (χ2n) is 7.40. The van der Waals surface area contributed by atoms with E-state index in [0.29, 0.717) is 36.2 Å². The maximum absolute atomic E-state index is 13.4. The zero-order chi connectivity index (χ0) is 22.7. The summed E-state index contributed by atoms with van der Waals surface area (Å²) in [5, 5.41) is 8.35. The molecule has 0 bridgehead atoms. The number of benzene rings is 2. The van der Waals surface area contributed by atoms with Gasteiger partial charge in [-0.25, -0.2) is 8.42 Å². The second kappa shape index (κ2) is 9.17. The molecule has 1 aliphatic rings. The van der Waals surface area contributed by atoms with Crippen molar-refractivity contribution in [1.29, 1.82) is 0 Å². The molecule has 3 aromatic rings. The normalized spacial score (nSPS) is 17.2. The highest BCUT2D eigenvalue weighted by Gasteiger charge is 2.35. The molecule has 1 fully saturated rings. The number of piperidine rings is 1. The Morgan fingerprint density at radius 1 is 1.00 bits per heavy atom. The van der Waals surface area contributed by atoms with Crippen molar-refractivity contribution in [3.05, 3.63) is 48.4 Å². The average Bonchev–Trinajstić information content (AvgIpc) is 3.34. The summed E-state index contributed by atoms with van der Waals surface area (Å²) in [7, 11) is 0.713. The third-order valence-corrected chi connectivity index (χ3v) is 7.37. The first-order valence-electron chi connectivity index (χ1n) is 10.2. The molecule has 9 nitrogen and oxygen atoms in total. The van der Waals surface area contributed by atoms with Crippen LogP contribution in [0.5, 0.6) is 17.2 Å². The average molecular weight is 460 g/mol. The van der Waals surface area contributed by atoms with Crippen LogP contribution < -0.4 is 14.2 Å². The maximum Gasteiger partial charge on any atom is 0.247 e. The Morgan fingerprint density at radius 3 is 2.53 bits per heavy atom. The van der Waals surface area contributed by atoms with E-state index >= 15 is 0 Å². The fraction of sp³-hybridized carbons (Fsp3) is 0.364. The summed E-state index contributed by atoms with van der Waals surface area (Å²) in [5.41, 5.74) is 0.740. The number of methoxy groups -OCH3 is 3. The SMILES string of the molecule is COc1cccc(-c2nnc(C3CCCN(S(=O)(=O)c4cc(OC)ccc4OC)C3)o2)c1. The van der Waals surface area contributed by atoms with E-state index in [2.05, 4.69) is 10.2 Å². The van der Waals surface area contributed by atoms with Crippen molar-refractivity contribution in [2.45, 2.75) is 23.7 Å². The molecule has 32 heavy (non-hydrogen) atoms. The van der Waals surface area contributed by atoms with Crippen molar-refractivity contribution in [3.8, 4) is 28.7 Å². The Labute approximate surface area is 187 Å². The lowest BCUT2D eigenvalue weighted by molar-refractivity contribution is 0.285. The minimum Gasteiger partial charge on any atom is -0.497 e. The van der Waals surface area contributed by atoms with E-state index in [9.17, 15) is 8.42 Å². The van der Waals surface area contributed by atoms with Crippen molar-refractivity contribution in [3.63, 3.8) is 0 Å². The van der Waals surface area contributed by atoms with E-state index in [4.69, 9.17) is 18.6 Å². The molecule has 2 heterocycles. The maximum atomic E-state index is 13.4. The summed E-state index contributed by atoms with van der Waals surface area (Å²) in [4.78, 5) is 0.0719. The summed E-state index contributed by atoms with van der Waals surface area (Å²) in [5.74, 6) is 1.98. The molecule has 0 radical (unpaired) electrons. The van der Waals surface area contributed by atoms with Crippen molar-refractivity contribution in [1.82, 2.24) is 14.5 Å². The van der Waals surface area contributed by atoms with Crippen molar-refractivity contribution < 1.29 is 27.0 Å². The third kappa shape index (κ3) is 4.28. The standard InChI is InChI=1S/C22H25N3O6S/c1-28-17-8-4-6-15(12-17)21-23-24-22(31-21)16-7-5-11-25(14-16)32(26,27)20-13-18(29-2)9-10-19(20)30-3/h4,6,8-10,12-13,16H,5,7,11,14H2,1-3H3. The molecule has 0 amide bonds. The van der Waals surface area contributed by atoms with Crippen LogP contribution >= 0.6 is 0 Å². The third-order valence-electron chi connectivity index (χ3n) is 5.48.